The lowest BCUT2D eigenvalue weighted by Gasteiger charge is -2.40. The number of morpholine rings is 1. The van der Waals surface area contributed by atoms with Crippen molar-refractivity contribution in [1.29, 1.82) is 0 Å². The molecule has 2 aliphatic rings. The first kappa shape index (κ1) is 21.8. The number of carbonyl (C=O) groups is 1. The van der Waals surface area contributed by atoms with E-state index in [0.717, 1.165) is 0 Å². The van der Waals surface area contributed by atoms with Gasteiger partial charge in [-0.1, -0.05) is 6.07 Å². The molecule has 9 nitrogen and oxygen atoms in total. The Morgan fingerprint density at radius 1 is 1.00 bits per heavy atom. The van der Waals surface area contributed by atoms with Crippen molar-refractivity contribution in [1.82, 2.24) is 13.5 Å². The number of carbonyl (C=O) groups excluding carboxylic acids is 1. The van der Waals surface area contributed by atoms with Gasteiger partial charge in [0.1, 0.15) is 0 Å². The van der Waals surface area contributed by atoms with Gasteiger partial charge in [0.2, 0.25) is 0 Å². The summed E-state index contributed by atoms with van der Waals surface area (Å²) in [6, 6.07) is 5.14. The van der Waals surface area contributed by atoms with E-state index in [1.54, 1.807) is 23.1 Å². The van der Waals surface area contributed by atoms with Crippen LogP contribution in [0.2, 0.25) is 0 Å². The van der Waals surface area contributed by atoms with Gasteiger partial charge in [0, 0.05) is 39.3 Å². The van der Waals surface area contributed by atoms with Gasteiger partial charge in [-0.2, -0.15) is 17.0 Å². The van der Waals surface area contributed by atoms with Crippen LogP contribution in [-0.4, -0.2) is 93.5 Å². The second kappa shape index (κ2) is 8.86. The highest BCUT2D eigenvalue weighted by Gasteiger charge is 2.37. The molecule has 1 aromatic carbocycles. The van der Waals surface area contributed by atoms with Crippen LogP contribution in [0.4, 0.5) is 0 Å². The van der Waals surface area contributed by atoms with Crippen LogP contribution in [0.3, 0.4) is 0 Å². The van der Waals surface area contributed by atoms with Gasteiger partial charge in [-0.3, -0.25) is 4.79 Å². The molecule has 0 aliphatic carbocycles. The molecule has 1 aromatic rings. The second-order valence-electron chi connectivity index (χ2n) is 7.31. The first-order chi connectivity index (χ1) is 13.8. The van der Waals surface area contributed by atoms with Crippen molar-refractivity contribution in [2.75, 3.05) is 53.5 Å². The average molecular weight is 428 g/mol. The van der Waals surface area contributed by atoms with Crippen molar-refractivity contribution < 1.29 is 27.4 Å². The number of methoxy groups -OCH3 is 2. The summed E-state index contributed by atoms with van der Waals surface area (Å²) in [7, 11) is -0.578. The van der Waals surface area contributed by atoms with Crippen molar-refractivity contribution in [2.24, 2.45) is 0 Å². The molecule has 162 valence electrons. The molecule has 0 saturated carbocycles. The molecular formula is C19H29N3O6S. The zero-order chi connectivity index (χ0) is 21.2. The summed E-state index contributed by atoms with van der Waals surface area (Å²) in [4.78, 5) is 14.6. The van der Waals surface area contributed by atoms with E-state index < -0.39 is 10.2 Å². The van der Waals surface area contributed by atoms with Gasteiger partial charge in [-0.05, 0) is 26.0 Å². The number of benzene rings is 1. The molecule has 10 heteroatoms. The fourth-order valence-electron chi connectivity index (χ4n) is 3.83. The van der Waals surface area contributed by atoms with Gasteiger partial charge in [0.25, 0.3) is 16.1 Å². The summed E-state index contributed by atoms with van der Waals surface area (Å²) in [5.41, 5.74) is 0.402. The Morgan fingerprint density at radius 2 is 1.62 bits per heavy atom. The maximum absolute atomic E-state index is 13.0. The number of hydrogen-bond donors (Lipinski definition) is 0. The molecular weight excluding hydrogens is 398 g/mol. The van der Waals surface area contributed by atoms with E-state index in [2.05, 4.69) is 0 Å². The molecule has 1 amide bonds. The topological polar surface area (TPSA) is 88.6 Å². The molecule has 3 rings (SSSR count). The number of nitrogens with zero attached hydrogens (tertiary/aromatic N) is 3. The first-order valence-corrected chi connectivity index (χ1v) is 11.1. The lowest BCUT2D eigenvalue weighted by Crippen LogP contribution is -2.57. The molecule has 0 unspecified atom stereocenters. The molecule has 2 aliphatic heterocycles. The van der Waals surface area contributed by atoms with Gasteiger partial charge in [-0.25, -0.2) is 0 Å². The lowest BCUT2D eigenvalue weighted by atomic mass is 10.1. The summed E-state index contributed by atoms with van der Waals surface area (Å²) in [6.45, 7) is 5.55. The summed E-state index contributed by atoms with van der Waals surface area (Å²) in [6.07, 6.45) is -0.283. The van der Waals surface area contributed by atoms with E-state index in [1.165, 1.54) is 22.8 Å². The Balaban J connectivity index is 1.68. The van der Waals surface area contributed by atoms with Crippen LogP contribution in [0.25, 0.3) is 0 Å². The van der Waals surface area contributed by atoms with Crippen LogP contribution in [0.15, 0.2) is 18.2 Å². The standard InChI is InChI=1S/C19H29N3O6S/c1-14-12-22(13-15(2)28-14)29(24,25)21-10-8-20(9-11-21)19(23)16-6-5-7-17(26-3)18(16)27-4/h5-7,14-15H,8-13H2,1-4H3/t14-,15-/m1/s1. The molecule has 29 heavy (non-hydrogen) atoms. The number of para-hydroxylation sites is 1. The normalized spacial score (nSPS) is 24.3. The lowest BCUT2D eigenvalue weighted by molar-refractivity contribution is -0.0457. The molecule has 0 radical (unpaired) electrons. The van der Waals surface area contributed by atoms with Gasteiger partial charge >= 0.3 is 0 Å². The van der Waals surface area contributed by atoms with Crippen molar-refractivity contribution in [3.05, 3.63) is 23.8 Å². The van der Waals surface area contributed by atoms with Gasteiger partial charge in [-0.15, -0.1) is 0 Å². The Morgan fingerprint density at radius 3 is 2.17 bits per heavy atom. The van der Waals surface area contributed by atoms with Crippen LogP contribution in [0.5, 0.6) is 11.5 Å². The SMILES string of the molecule is COc1cccc(C(=O)N2CCN(S(=O)(=O)N3C[C@@H](C)O[C@H](C)C3)CC2)c1OC. The van der Waals surface area contributed by atoms with Crippen LogP contribution < -0.4 is 9.47 Å². The quantitative estimate of drug-likeness (QED) is 0.691. The third kappa shape index (κ3) is 4.50. The maximum Gasteiger partial charge on any atom is 0.282 e. The highest BCUT2D eigenvalue weighted by molar-refractivity contribution is 7.86. The molecule has 0 N–H and O–H groups in total. The highest BCUT2D eigenvalue weighted by atomic mass is 32.2. The van der Waals surface area contributed by atoms with Crippen molar-refractivity contribution >= 4 is 16.1 Å². The summed E-state index contributed by atoms with van der Waals surface area (Å²) in [5.74, 6) is 0.660. The van der Waals surface area contributed by atoms with Gasteiger partial charge in [0.15, 0.2) is 11.5 Å². The Hall–Kier alpha value is -1.88. The van der Waals surface area contributed by atoms with Crippen LogP contribution in [-0.2, 0) is 14.9 Å². The third-order valence-electron chi connectivity index (χ3n) is 5.20. The first-order valence-electron chi connectivity index (χ1n) is 9.68. The third-order valence-corrected chi connectivity index (χ3v) is 7.17. The Bertz CT molecular complexity index is 828. The predicted octanol–water partition coefficient (Wildman–Crippen LogP) is 0.816. The number of ether oxygens (including phenoxy) is 3. The zero-order valence-electron chi connectivity index (χ0n) is 17.3. The molecule has 2 saturated heterocycles. The van der Waals surface area contributed by atoms with E-state index >= 15 is 0 Å². The van der Waals surface area contributed by atoms with Gasteiger partial charge < -0.3 is 19.1 Å². The number of piperazine rings is 1. The molecule has 2 heterocycles. The number of amides is 1. The van der Waals surface area contributed by atoms with Crippen LogP contribution >= 0.6 is 0 Å². The molecule has 2 fully saturated rings. The Labute approximate surface area is 172 Å². The molecule has 0 bridgehead atoms. The molecule has 2 atom stereocenters. The second-order valence-corrected chi connectivity index (χ2v) is 9.24. The van der Waals surface area contributed by atoms with E-state index in [1.807, 2.05) is 13.8 Å². The monoisotopic (exact) mass is 427 g/mol. The Kier molecular flexibility index (Phi) is 6.67. The smallest absolute Gasteiger partial charge is 0.282 e. The summed E-state index contributed by atoms with van der Waals surface area (Å²) in [5, 5.41) is 0. The van der Waals surface area contributed by atoms with Crippen molar-refractivity contribution in [3.8, 4) is 11.5 Å². The van der Waals surface area contributed by atoms with E-state index in [-0.39, 0.29) is 31.2 Å². The summed E-state index contributed by atoms with van der Waals surface area (Å²) >= 11 is 0. The number of hydrogen-bond acceptors (Lipinski definition) is 6. The molecule has 0 spiro atoms. The average Bonchev–Trinajstić information content (AvgIpc) is 2.71. The van der Waals surface area contributed by atoms with Crippen molar-refractivity contribution in [3.63, 3.8) is 0 Å². The summed E-state index contributed by atoms with van der Waals surface area (Å²) < 4.78 is 45.2. The predicted molar refractivity (Wildman–Crippen MR) is 108 cm³/mol. The minimum absolute atomic E-state index is 0.142. The fraction of sp³-hybridized carbons (Fsp3) is 0.632. The van der Waals surface area contributed by atoms with E-state index in [0.29, 0.717) is 43.2 Å². The van der Waals surface area contributed by atoms with Crippen molar-refractivity contribution in [2.45, 2.75) is 26.1 Å². The van der Waals surface area contributed by atoms with Crippen LogP contribution in [0, 0.1) is 0 Å². The fourth-order valence-corrected chi connectivity index (χ4v) is 5.58. The highest BCUT2D eigenvalue weighted by Crippen LogP contribution is 2.31. The zero-order valence-corrected chi connectivity index (χ0v) is 18.1. The number of rotatable bonds is 5. The largest absolute Gasteiger partial charge is 0.493 e. The minimum Gasteiger partial charge on any atom is -0.493 e. The van der Waals surface area contributed by atoms with E-state index in [4.69, 9.17) is 14.2 Å². The minimum atomic E-state index is -3.58. The molecule has 0 aromatic heterocycles. The van der Waals surface area contributed by atoms with Crippen LogP contribution in [0.1, 0.15) is 24.2 Å². The van der Waals surface area contributed by atoms with Gasteiger partial charge in [0.05, 0.1) is 32.0 Å². The van der Waals surface area contributed by atoms with E-state index in [9.17, 15) is 13.2 Å². The maximum atomic E-state index is 13.0.